The number of rotatable bonds is 26. The van der Waals surface area contributed by atoms with Crippen molar-refractivity contribution in [1.82, 2.24) is 0 Å². The first kappa shape index (κ1) is 40.6. The van der Waals surface area contributed by atoms with Crippen LogP contribution >= 0.6 is 0 Å². The van der Waals surface area contributed by atoms with Crippen LogP contribution in [0.2, 0.25) is 0 Å². The number of unbranched alkanes of at least 4 members (excludes halogenated alkanes) is 9. The SMILES string of the molecule is CCC/C=C\C/C=C\CCCCCCCCOCC(COC1OC(CO)C(O)C(OS(=O)(=O)O)C1O)OC(=O)CCCCC. The van der Waals surface area contributed by atoms with Crippen LogP contribution < -0.4 is 0 Å². The van der Waals surface area contributed by atoms with Gasteiger partial charge in [0, 0.05) is 13.0 Å². The minimum atomic E-state index is -5.04. The predicted octanol–water partition coefficient (Wildman–Crippen LogP) is 4.17. The van der Waals surface area contributed by atoms with Gasteiger partial charge in [0.25, 0.3) is 0 Å². The lowest BCUT2D eigenvalue weighted by Crippen LogP contribution is -2.60. The largest absolute Gasteiger partial charge is 0.457 e. The fourth-order valence-corrected chi connectivity index (χ4v) is 5.10. The number of aliphatic hydroxyl groups is 3. The minimum absolute atomic E-state index is 0.0271. The number of ether oxygens (including phenoxy) is 4. The van der Waals surface area contributed by atoms with Gasteiger partial charge in [-0.25, -0.2) is 4.18 Å². The molecular formula is C31H56O12S. The van der Waals surface area contributed by atoms with Crippen molar-refractivity contribution in [3.05, 3.63) is 24.3 Å². The average molecular weight is 653 g/mol. The molecule has 0 aromatic carbocycles. The van der Waals surface area contributed by atoms with Crippen LogP contribution in [0.1, 0.15) is 104 Å². The van der Waals surface area contributed by atoms with Crippen molar-refractivity contribution in [2.24, 2.45) is 0 Å². The Bertz CT molecular complexity index is 894. The number of aliphatic hydroxyl groups excluding tert-OH is 3. The maximum atomic E-state index is 12.4. The van der Waals surface area contributed by atoms with Gasteiger partial charge in [0.15, 0.2) is 6.29 Å². The Labute approximate surface area is 263 Å². The monoisotopic (exact) mass is 652 g/mol. The molecule has 0 aromatic heterocycles. The molecule has 1 aliphatic heterocycles. The van der Waals surface area contributed by atoms with Gasteiger partial charge in [-0.2, -0.15) is 8.42 Å². The predicted molar refractivity (Wildman–Crippen MR) is 165 cm³/mol. The molecule has 0 aromatic rings. The summed E-state index contributed by atoms with van der Waals surface area (Å²) in [5.74, 6) is -0.431. The molecule has 12 nitrogen and oxygen atoms in total. The van der Waals surface area contributed by atoms with Crippen molar-refractivity contribution in [3.8, 4) is 0 Å². The second-order valence-corrected chi connectivity index (χ2v) is 12.1. The maximum Gasteiger partial charge on any atom is 0.397 e. The Balaban J connectivity index is 2.46. The highest BCUT2D eigenvalue weighted by atomic mass is 32.3. The standard InChI is InChI=1S/C31H56O12S/c1-3-5-7-8-9-10-11-12-13-14-15-16-17-19-21-39-23-25(41-27(33)20-18-6-4-2)24-40-31-29(35)30(43-44(36,37)38)28(34)26(22-32)42-31/h7-8,10-11,25-26,28-32,34-35H,3-6,9,12-24H2,1-2H3,(H,36,37,38)/b8-7-,11-10-. The van der Waals surface area contributed by atoms with Crippen molar-refractivity contribution < 1.29 is 56.2 Å². The number of carbonyl (C=O) groups excluding carboxylic acids is 1. The average Bonchev–Trinajstić information content (AvgIpc) is 2.98. The summed E-state index contributed by atoms with van der Waals surface area (Å²) in [5.41, 5.74) is 0. The van der Waals surface area contributed by atoms with E-state index in [9.17, 15) is 28.5 Å². The summed E-state index contributed by atoms with van der Waals surface area (Å²) in [6.07, 6.45) is 13.3. The lowest BCUT2D eigenvalue weighted by atomic mass is 9.99. The fourth-order valence-electron chi connectivity index (χ4n) is 4.59. The number of allylic oxidation sites excluding steroid dienone is 4. The van der Waals surface area contributed by atoms with Gasteiger partial charge in [0.1, 0.15) is 30.5 Å². The van der Waals surface area contributed by atoms with Crippen LogP contribution in [0.4, 0.5) is 0 Å². The maximum absolute atomic E-state index is 12.4. The molecule has 1 fully saturated rings. The van der Waals surface area contributed by atoms with Crippen molar-refractivity contribution in [1.29, 1.82) is 0 Å². The highest BCUT2D eigenvalue weighted by Gasteiger charge is 2.48. The second kappa shape index (κ2) is 24.8. The molecule has 1 rings (SSSR count). The number of carbonyl (C=O) groups is 1. The summed E-state index contributed by atoms with van der Waals surface area (Å²) in [4.78, 5) is 12.4. The molecule has 0 aliphatic carbocycles. The van der Waals surface area contributed by atoms with E-state index >= 15 is 0 Å². The van der Waals surface area contributed by atoms with Gasteiger partial charge < -0.3 is 34.3 Å². The third-order valence-corrected chi connectivity index (χ3v) is 7.52. The van der Waals surface area contributed by atoms with Crippen LogP contribution in [0.15, 0.2) is 24.3 Å². The zero-order valence-electron chi connectivity index (χ0n) is 26.5. The first-order valence-corrected chi connectivity index (χ1v) is 17.5. The molecule has 6 atom stereocenters. The van der Waals surface area contributed by atoms with E-state index in [-0.39, 0.29) is 19.6 Å². The summed E-state index contributed by atoms with van der Waals surface area (Å²) < 4.78 is 58.0. The lowest BCUT2D eigenvalue weighted by molar-refractivity contribution is -0.301. The van der Waals surface area contributed by atoms with Crippen LogP contribution in [0.25, 0.3) is 0 Å². The molecule has 0 radical (unpaired) electrons. The zero-order valence-corrected chi connectivity index (χ0v) is 27.3. The first-order valence-electron chi connectivity index (χ1n) is 16.1. The van der Waals surface area contributed by atoms with Gasteiger partial charge in [-0.15, -0.1) is 0 Å². The Kier molecular flexibility index (Phi) is 22.9. The Hall–Kier alpha value is -1.42. The molecule has 258 valence electrons. The molecule has 4 N–H and O–H groups in total. The number of esters is 1. The van der Waals surface area contributed by atoms with Gasteiger partial charge in [0.2, 0.25) is 0 Å². The smallest absolute Gasteiger partial charge is 0.397 e. The molecule has 0 spiro atoms. The van der Waals surface area contributed by atoms with Gasteiger partial charge >= 0.3 is 16.4 Å². The van der Waals surface area contributed by atoms with Crippen LogP contribution in [0.3, 0.4) is 0 Å². The second-order valence-electron chi connectivity index (χ2n) is 11.0. The summed E-state index contributed by atoms with van der Waals surface area (Å²) in [7, 11) is -5.04. The zero-order chi connectivity index (χ0) is 32.6. The summed E-state index contributed by atoms with van der Waals surface area (Å²) in [6, 6.07) is 0. The fraction of sp³-hybridized carbons (Fsp3) is 0.839. The Morgan fingerprint density at radius 1 is 0.864 bits per heavy atom. The number of hydrogen-bond acceptors (Lipinski definition) is 11. The molecule has 0 bridgehead atoms. The van der Waals surface area contributed by atoms with E-state index in [1.54, 1.807) is 0 Å². The van der Waals surface area contributed by atoms with E-state index in [2.05, 4.69) is 35.4 Å². The summed E-state index contributed by atoms with van der Waals surface area (Å²) in [5, 5.41) is 30.2. The highest BCUT2D eigenvalue weighted by Crippen LogP contribution is 2.26. The minimum Gasteiger partial charge on any atom is -0.457 e. The molecule has 1 heterocycles. The quantitative estimate of drug-likeness (QED) is 0.0454. The Morgan fingerprint density at radius 2 is 1.55 bits per heavy atom. The van der Waals surface area contributed by atoms with Crippen LogP contribution in [0.5, 0.6) is 0 Å². The summed E-state index contributed by atoms with van der Waals surface area (Å²) in [6.45, 7) is 3.66. The van der Waals surface area contributed by atoms with E-state index in [0.717, 1.165) is 57.8 Å². The van der Waals surface area contributed by atoms with Gasteiger partial charge in [-0.1, -0.05) is 83.1 Å². The number of hydrogen-bond donors (Lipinski definition) is 4. The first-order chi connectivity index (χ1) is 21.1. The van der Waals surface area contributed by atoms with Crippen LogP contribution in [-0.4, -0.2) is 97.5 Å². The topological polar surface area (TPSA) is 178 Å². The third kappa shape index (κ3) is 19.2. The van der Waals surface area contributed by atoms with E-state index < -0.39 is 59.8 Å². The molecule has 0 amide bonds. The Morgan fingerprint density at radius 3 is 2.20 bits per heavy atom. The van der Waals surface area contributed by atoms with Gasteiger partial charge in [0.05, 0.1) is 19.8 Å². The summed E-state index contributed by atoms with van der Waals surface area (Å²) >= 11 is 0. The molecule has 6 unspecified atom stereocenters. The van der Waals surface area contributed by atoms with Gasteiger partial charge in [-0.3, -0.25) is 9.35 Å². The van der Waals surface area contributed by atoms with Crippen LogP contribution in [0, 0.1) is 0 Å². The normalized spacial score (nSPS) is 23.5. The van der Waals surface area contributed by atoms with E-state index in [1.807, 2.05) is 6.92 Å². The molecule has 1 saturated heterocycles. The molecule has 13 heteroatoms. The highest BCUT2D eigenvalue weighted by molar-refractivity contribution is 7.80. The van der Waals surface area contributed by atoms with Crippen molar-refractivity contribution >= 4 is 16.4 Å². The molecule has 0 saturated carbocycles. The van der Waals surface area contributed by atoms with E-state index in [0.29, 0.717) is 13.0 Å². The van der Waals surface area contributed by atoms with Gasteiger partial charge in [-0.05, 0) is 38.5 Å². The molecular weight excluding hydrogens is 596 g/mol. The van der Waals surface area contributed by atoms with Crippen molar-refractivity contribution in [2.45, 2.75) is 141 Å². The molecule has 1 aliphatic rings. The van der Waals surface area contributed by atoms with E-state index in [4.69, 9.17) is 23.5 Å². The third-order valence-electron chi connectivity index (χ3n) is 7.06. The van der Waals surface area contributed by atoms with Crippen LogP contribution in [-0.2, 0) is 38.3 Å². The van der Waals surface area contributed by atoms with Crippen molar-refractivity contribution in [3.63, 3.8) is 0 Å². The van der Waals surface area contributed by atoms with E-state index in [1.165, 1.54) is 19.3 Å². The van der Waals surface area contributed by atoms with Crippen molar-refractivity contribution in [2.75, 3.05) is 26.4 Å². The molecule has 44 heavy (non-hydrogen) atoms. The lowest BCUT2D eigenvalue weighted by Gasteiger charge is -2.41.